The molecule has 78 heavy (non-hydrogen) atoms. The summed E-state index contributed by atoms with van der Waals surface area (Å²) in [5.41, 5.74) is 10.2. The standard InChI is InChI=1S/C47H58N7O19P3S2/c1-6-52-35-20-18-31(77(64,65)66)24-33(35)46(2,3)39(52)15-9-7-10-16-40-47(4,5)34-25-32(78(67,68)69)19-21-36(34)53(40)23-12-8-11-17-41(56)49-22-13-14-30-27-54(45-43(30)44(48)50-29-51-45)42-26-37(55)38(71-42)28-70-75(60,61)73-76(62,63)72-74(57,58)59/h7,9-10,15-16,18-21,24-25,27,29,37-38,42,55H,6,8,11-12,17,22-23,26,28H2,1-5H3,(H8-,48,49,50,51,56,57,58,59,60,61,62,63,64,65,66,67,68,69)/t37?,38-,42-/m1/s1. The van der Waals surface area contributed by atoms with Crippen LogP contribution in [0.1, 0.15) is 89.6 Å². The van der Waals surface area contributed by atoms with Gasteiger partial charge in [0.05, 0.1) is 45.4 Å². The second-order valence-electron chi connectivity index (χ2n) is 19.2. The smallest absolute Gasteiger partial charge is 0.490 e. The van der Waals surface area contributed by atoms with Crippen LogP contribution in [0.3, 0.4) is 0 Å². The zero-order valence-corrected chi connectivity index (χ0v) is 46.9. The number of nitrogens with zero attached hydrogens (tertiary/aromatic N) is 5. The highest BCUT2D eigenvalue weighted by atomic mass is 32.2. The lowest BCUT2D eigenvalue weighted by molar-refractivity contribution is -0.438. The SMILES string of the molecule is CCN1/C(=C/C=C/C=C/C2=[N+](CCCCCC(=O)NCC#Cc3cn([C@H]4CC(O)[C@@H](COP(=O)(O)OP(=O)(O)OP(=O)(O)O)O4)c4ncnc(N)c34)c3ccc(S(=O)(=O)O)cc3C2(C)C)C(C)(C)c2cc(S(=O)(=O)[O-])ccc21. The van der Waals surface area contributed by atoms with Crippen LogP contribution in [-0.2, 0) is 67.4 Å². The highest BCUT2D eigenvalue weighted by molar-refractivity contribution is 7.86. The number of carbonyl (C=O) groups excluding carboxylic acids is 1. The van der Waals surface area contributed by atoms with Gasteiger partial charge in [0.15, 0.2) is 5.71 Å². The molecule has 3 unspecified atom stereocenters. The van der Waals surface area contributed by atoms with Gasteiger partial charge in [-0.05, 0) is 75.6 Å². The molecule has 31 heteroatoms. The number of benzene rings is 2. The molecule has 0 radical (unpaired) electrons. The molecule has 0 spiro atoms. The number of nitrogen functional groups attached to an aromatic ring is 1. The third-order valence-electron chi connectivity index (χ3n) is 13.2. The molecular formula is C47H58N7O19P3S2. The number of aliphatic hydroxyl groups is 1. The van der Waals surface area contributed by atoms with Gasteiger partial charge < -0.3 is 54.5 Å². The van der Waals surface area contributed by atoms with Gasteiger partial charge in [-0.2, -0.15) is 21.6 Å². The third-order valence-corrected chi connectivity index (χ3v) is 18.7. The molecule has 26 nitrogen and oxygen atoms in total. The first-order chi connectivity index (χ1) is 36.2. The Morgan fingerprint density at radius 3 is 2.35 bits per heavy atom. The van der Waals surface area contributed by atoms with Crippen LogP contribution in [0.15, 0.2) is 94.8 Å². The summed E-state index contributed by atoms with van der Waals surface area (Å²) < 4.78 is 126. The van der Waals surface area contributed by atoms with Gasteiger partial charge >= 0.3 is 23.5 Å². The Kier molecular flexibility index (Phi) is 17.9. The number of aromatic nitrogens is 3. The lowest BCUT2D eigenvalue weighted by Crippen LogP contribution is -2.28. The number of nitrogens with one attached hydrogen (secondary N) is 1. The minimum atomic E-state index is -5.77. The summed E-state index contributed by atoms with van der Waals surface area (Å²) in [5.74, 6) is 5.59. The van der Waals surface area contributed by atoms with Gasteiger partial charge in [0, 0.05) is 66.5 Å². The van der Waals surface area contributed by atoms with Crippen molar-refractivity contribution in [3.63, 3.8) is 0 Å². The number of amides is 1. The first kappa shape index (κ1) is 60.4. The van der Waals surface area contributed by atoms with E-state index in [0.29, 0.717) is 48.9 Å². The number of ether oxygens (including phenoxy) is 1. The van der Waals surface area contributed by atoms with Crippen LogP contribution in [0.25, 0.3) is 11.0 Å². The first-order valence-corrected chi connectivity index (χ1v) is 31.3. The first-order valence-electron chi connectivity index (χ1n) is 23.9. The summed E-state index contributed by atoms with van der Waals surface area (Å²) in [6, 6.07) is 8.89. The number of fused-ring (bicyclic) bond motifs is 3. The highest BCUT2D eigenvalue weighted by Gasteiger charge is 2.46. The number of rotatable bonds is 21. The Labute approximate surface area is 449 Å². The van der Waals surface area contributed by atoms with Crippen molar-refractivity contribution in [2.45, 2.75) is 106 Å². The molecule has 1 fully saturated rings. The fourth-order valence-electron chi connectivity index (χ4n) is 9.60. The number of carbonyl (C=O) groups is 1. The van der Waals surface area contributed by atoms with Crippen molar-refractivity contribution in [2.75, 3.05) is 36.9 Å². The van der Waals surface area contributed by atoms with E-state index in [9.17, 15) is 59.3 Å². The zero-order valence-electron chi connectivity index (χ0n) is 42.6. The van der Waals surface area contributed by atoms with Crippen LogP contribution in [-0.4, -0.2) is 120 Å². The van der Waals surface area contributed by atoms with Gasteiger partial charge in [-0.15, -0.1) is 0 Å². The third kappa shape index (κ3) is 13.8. The number of aliphatic hydroxyl groups excluding tert-OH is 1. The molecule has 4 aromatic rings. The Morgan fingerprint density at radius 1 is 0.962 bits per heavy atom. The van der Waals surface area contributed by atoms with Crippen LogP contribution >= 0.6 is 23.5 Å². The van der Waals surface area contributed by atoms with Crippen molar-refractivity contribution >= 4 is 83.5 Å². The molecule has 2 aromatic carbocycles. The fraction of sp³-hybridized carbons (Fsp3) is 0.404. The lowest BCUT2D eigenvalue weighted by Gasteiger charge is -2.25. The second kappa shape index (κ2) is 23.1. The Morgan fingerprint density at radius 2 is 1.67 bits per heavy atom. The molecule has 5 heterocycles. The molecule has 422 valence electrons. The van der Waals surface area contributed by atoms with E-state index in [4.69, 9.17) is 20.3 Å². The minimum absolute atomic E-state index is 0.0476. The second-order valence-corrected chi connectivity index (χ2v) is 26.5. The average Bonchev–Trinajstić information content (AvgIpc) is 4.05. The van der Waals surface area contributed by atoms with Gasteiger partial charge in [0.25, 0.3) is 10.1 Å². The minimum Gasteiger partial charge on any atom is -0.744 e. The molecule has 1 amide bonds. The van der Waals surface area contributed by atoms with Crippen molar-refractivity contribution in [1.29, 1.82) is 0 Å². The van der Waals surface area contributed by atoms with Crippen molar-refractivity contribution in [3.05, 3.63) is 102 Å². The topological polar surface area (TPSA) is 393 Å². The van der Waals surface area contributed by atoms with E-state index in [1.807, 2.05) is 65.0 Å². The summed E-state index contributed by atoms with van der Waals surface area (Å²) in [4.78, 5) is 59.6. The van der Waals surface area contributed by atoms with Gasteiger partial charge in [-0.3, -0.25) is 13.9 Å². The quantitative estimate of drug-likeness (QED) is 0.0135. The number of anilines is 2. The van der Waals surface area contributed by atoms with Crippen LogP contribution in [0.4, 0.5) is 17.2 Å². The van der Waals surface area contributed by atoms with E-state index in [0.717, 1.165) is 28.3 Å². The molecule has 3 aliphatic heterocycles. The Hall–Kier alpha value is -5.27. The molecule has 7 rings (SSSR count). The summed E-state index contributed by atoms with van der Waals surface area (Å²) in [7, 11) is -26.0. The molecule has 3 aliphatic rings. The maximum Gasteiger partial charge on any atom is 0.490 e. The predicted molar refractivity (Wildman–Crippen MR) is 281 cm³/mol. The van der Waals surface area contributed by atoms with Gasteiger partial charge in [-0.1, -0.05) is 43.9 Å². The monoisotopic (exact) mass is 1180 g/mol. The lowest BCUT2D eigenvalue weighted by atomic mass is 9.81. The number of hydrogen-bond donors (Lipinski definition) is 8. The zero-order chi connectivity index (χ0) is 57.4. The predicted octanol–water partition coefficient (Wildman–Crippen LogP) is 5.07. The summed E-state index contributed by atoms with van der Waals surface area (Å²) in [6.45, 7) is 9.96. The molecule has 0 aliphatic carbocycles. The normalized spacial score (nSPS) is 21.3. The molecular weight excluding hydrogens is 1120 g/mol. The van der Waals surface area contributed by atoms with Crippen LogP contribution < -0.4 is 16.0 Å². The van der Waals surface area contributed by atoms with Gasteiger partial charge in [-0.25, -0.2) is 32.1 Å². The van der Waals surface area contributed by atoms with Crippen LogP contribution in [0.2, 0.25) is 0 Å². The van der Waals surface area contributed by atoms with Crippen LogP contribution in [0, 0.1) is 11.8 Å². The number of allylic oxidation sites excluding steroid dienone is 6. The number of nitrogens with two attached hydrogens (primary N) is 1. The molecule has 0 bridgehead atoms. The van der Waals surface area contributed by atoms with Gasteiger partial charge in [0.1, 0.15) is 46.8 Å². The van der Waals surface area contributed by atoms with Gasteiger partial charge in [0.2, 0.25) is 11.6 Å². The van der Waals surface area contributed by atoms with E-state index < -0.39 is 79.6 Å². The molecule has 2 aromatic heterocycles. The van der Waals surface area contributed by atoms with Crippen molar-refractivity contribution < 1.29 is 91.6 Å². The van der Waals surface area contributed by atoms with E-state index in [2.05, 4.69) is 49.7 Å². The number of phosphoric ester groups is 1. The van der Waals surface area contributed by atoms with Crippen molar-refractivity contribution in [1.82, 2.24) is 19.9 Å². The molecule has 9 N–H and O–H groups in total. The fourth-order valence-corrected chi connectivity index (χ4v) is 13.6. The molecule has 1 saturated heterocycles. The average molecular weight is 1180 g/mol. The Balaban J connectivity index is 0.966. The van der Waals surface area contributed by atoms with Crippen LogP contribution in [0.5, 0.6) is 0 Å². The van der Waals surface area contributed by atoms with E-state index in [1.54, 1.807) is 12.1 Å². The summed E-state index contributed by atoms with van der Waals surface area (Å²) in [6.07, 6.45) is 10.3. The largest absolute Gasteiger partial charge is 0.744 e. The number of phosphoric acid groups is 3. The summed E-state index contributed by atoms with van der Waals surface area (Å²) >= 11 is 0. The van der Waals surface area contributed by atoms with E-state index >= 15 is 0 Å². The number of likely N-dealkylation sites (N-methyl/N-ethyl adjacent to an activating group) is 1. The van der Waals surface area contributed by atoms with E-state index in [1.165, 1.54) is 41.4 Å². The van der Waals surface area contributed by atoms with Crippen molar-refractivity contribution in [3.8, 4) is 11.8 Å². The maximum absolute atomic E-state index is 12.9. The maximum atomic E-state index is 12.9. The Bertz CT molecular complexity index is 3600. The molecule has 0 saturated carbocycles. The van der Waals surface area contributed by atoms with Crippen molar-refractivity contribution in [2.24, 2.45) is 0 Å². The highest BCUT2D eigenvalue weighted by Crippen LogP contribution is 2.66. The van der Waals surface area contributed by atoms with E-state index in [-0.39, 0.29) is 46.5 Å². The number of hydrogen-bond acceptors (Lipinski definition) is 18. The number of unbranched alkanes of at least 4 members (excludes halogenated alkanes) is 2. The summed E-state index contributed by atoms with van der Waals surface area (Å²) in [5, 5.41) is 13.8. The molecule has 5 atom stereocenters.